The number of nitrogen functional groups attached to an aromatic ring is 1. The van der Waals surface area contributed by atoms with E-state index in [2.05, 4.69) is 116 Å². The molecule has 3 aliphatic heterocycles. The van der Waals surface area contributed by atoms with Crippen molar-refractivity contribution in [3.8, 4) is 15.4 Å². The van der Waals surface area contributed by atoms with Gasteiger partial charge in [-0.15, -0.1) is 46.4 Å². The van der Waals surface area contributed by atoms with Crippen LogP contribution in [0.25, 0.3) is 48.5 Å². The third-order valence-corrected chi connectivity index (χ3v) is 21.8. The Morgan fingerprint density at radius 3 is 1.25 bits per heavy atom. The Morgan fingerprint density at radius 2 is 0.867 bits per heavy atom. The fraction of sp³-hybridized carbons (Fsp3) is 0.450. The molecule has 33 heteroatoms. The standard InChI is InChI=1S/C28H35N7O3S.C23H27N7OS.C15H19N5OS2.C14H20N2O2.ClH/c1-8-34-23(36)20-14-29-24(32-22(20)35(34)25-31-21(16-39-25)27(2,3)4)30-19-10-9-18-15-33(12-11-17(18)13-19)26(37)38-28(5,6)7;1-5-29-20(31)17-12-25-21(26-16-7-6-15-11-24-9-8-14(15)10-16)28-19(17)30(29)22-27-18(13-32-22)23(2,3)4;1-6-19-12(21)9-7-16-13(22-5)18-11(9)20(19)14-17-10(8-23-14)15(2,3)4;1-14(2,3)18-13(17)16-7-6-10-8-12(15)5-4-11(10)9-16;/h9-10,13-14,16H,8,11-12,15H2,1-7H3,(H,29,30,32);6-7,10,12-13,24H,5,8-9,11H2,1-4H3,(H,25,26,28);7-8H,6H2,1-5H3;4-5,8H,6-7,9,15H2,1-3H3;1H. The second kappa shape index (κ2) is 33.7. The number of amides is 2. The number of nitrogens with two attached hydrogens (primary N) is 1. The van der Waals surface area contributed by atoms with E-state index in [1.807, 2.05) is 130 Å². The van der Waals surface area contributed by atoms with Crippen LogP contribution in [0.15, 0.2) is 109 Å². The van der Waals surface area contributed by atoms with Crippen LogP contribution >= 0.6 is 58.2 Å². The monoisotopic (exact) mass is 1630 g/mol. The Bertz CT molecular complexity index is 5670. The molecule has 12 aromatic rings. The fourth-order valence-electron chi connectivity index (χ4n) is 12.8. The lowest BCUT2D eigenvalue weighted by atomic mass is 9.93. The summed E-state index contributed by atoms with van der Waals surface area (Å²) in [4.78, 5) is 108. The first-order chi connectivity index (χ1) is 52.9. The highest BCUT2D eigenvalue weighted by atomic mass is 35.5. The van der Waals surface area contributed by atoms with Crippen molar-refractivity contribution in [2.75, 3.05) is 42.3 Å². The lowest BCUT2D eigenvalue weighted by Gasteiger charge is -2.31. The Labute approximate surface area is 679 Å². The Morgan fingerprint density at radius 1 is 0.496 bits per heavy atom. The third kappa shape index (κ3) is 19.0. The zero-order chi connectivity index (χ0) is 80.7. The van der Waals surface area contributed by atoms with Crippen LogP contribution < -0.4 is 38.4 Å². The van der Waals surface area contributed by atoms with Crippen LogP contribution in [0.1, 0.15) is 175 Å². The molecule has 12 heterocycles. The number of nitrogens with one attached hydrogen (secondary N) is 3. The number of rotatable bonds is 11. The van der Waals surface area contributed by atoms with Gasteiger partial charge in [-0.2, -0.15) is 9.97 Å². The van der Waals surface area contributed by atoms with Gasteiger partial charge in [-0.3, -0.25) is 14.4 Å². The molecule has 9 aromatic heterocycles. The number of fused-ring (bicyclic) bond motifs is 6. The second-order valence-corrected chi connectivity index (χ2v) is 36.0. The number of nitrogens with zero attached hydrogens (tertiary/aromatic N) is 17. The maximum absolute atomic E-state index is 13.1. The third-order valence-electron chi connectivity index (χ3n) is 18.8. The average molecular weight is 1630 g/mol. The van der Waals surface area contributed by atoms with E-state index >= 15 is 0 Å². The van der Waals surface area contributed by atoms with Gasteiger partial charge in [0.05, 0.1) is 17.1 Å². The molecule has 0 unspecified atom stereocenters. The molecular formula is C80H102ClN21O7S4. The Balaban J connectivity index is 0.000000154. The number of anilines is 5. The summed E-state index contributed by atoms with van der Waals surface area (Å²) in [5.41, 5.74) is 18.7. The van der Waals surface area contributed by atoms with Gasteiger partial charge in [-0.25, -0.2) is 72.6 Å². The molecule has 0 saturated heterocycles. The van der Waals surface area contributed by atoms with Gasteiger partial charge in [0.1, 0.15) is 27.4 Å². The second-order valence-electron chi connectivity index (χ2n) is 32.7. The zero-order valence-corrected chi connectivity index (χ0v) is 71.8. The van der Waals surface area contributed by atoms with Gasteiger partial charge in [0.2, 0.25) is 27.3 Å². The van der Waals surface area contributed by atoms with E-state index in [0.717, 1.165) is 93.4 Å². The van der Waals surface area contributed by atoms with Crippen LogP contribution in [0, 0.1) is 0 Å². The first-order valence-corrected chi connectivity index (χ1v) is 41.5. The summed E-state index contributed by atoms with van der Waals surface area (Å²) in [6.45, 7) is 42.0. The molecule has 0 atom stereocenters. The van der Waals surface area contributed by atoms with Crippen LogP contribution in [-0.4, -0.2) is 132 Å². The Kier molecular flexibility index (Phi) is 25.1. The van der Waals surface area contributed by atoms with Crippen molar-refractivity contribution in [2.24, 2.45) is 0 Å². The maximum Gasteiger partial charge on any atom is 0.410 e. The molecule has 3 aliphatic rings. The van der Waals surface area contributed by atoms with Crippen molar-refractivity contribution in [2.45, 2.75) is 216 Å². The molecule has 0 spiro atoms. The van der Waals surface area contributed by atoms with E-state index in [1.165, 1.54) is 62.5 Å². The molecule has 0 aliphatic carbocycles. The highest BCUT2D eigenvalue weighted by Crippen LogP contribution is 2.34. The number of halogens is 1. The number of ether oxygens (including phenoxy) is 2. The number of benzene rings is 3. The van der Waals surface area contributed by atoms with E-state index in [1.54, 1.807) is 47.1 Å². The molecule has 5 N–H and O–H groups in total. The minimum Gasteiger partial charge on any atom is -0.444 e. The van der Waals surface area contributed by atoms with Gasteiger partial charge >= 0.3 is 12.2 Å². The molecule has 2 amide bonds. The topological polar surface area (TPSA) is 318 Å². The van der Waals surface area contributed by atoms with Crippen LogP contribution in [0.5, 0.6) is 0 Å². The van der Waals surface area contributed by atoms with Gasteiger partial charge in [-0.1, -0.05) is 92.3 Å². The summed E-state index contributed by atoms with van der Waals surface area (Å²) in [7, 11) is 0. The molecule has 28 nitrogen and oxygen atoms in total. The summed E-state index contributed by atoms with van der Waals surface area (Å²) in [6, 6.07) is 18.2. The molecule has 600 valence electrons. The molecule has 3 aromatic carbocycles. The summed E-state index contributed by atoms with van der Waals surface area (Å²) >= 11 is 5.99. The summed E-state index contributed by atoms with van der Waals surface area (Å²) in [6.07, 6.45) is 8.73. The number of hydrogen-bond donors (Lipinski definition) is 4. The first kappa shape index (κ1) is 84.1. The number of hydrogen-bond acceptors (Lipinski definition) is 24. The van der Waals surface area contributed by atoms with Gasteiger partial charge < -0.3 is 41.0 Å². The zero-order valence-electron chi connectivity index (χ0n) is 67.7. The van der Waals surface area contributed by atoms with Crippen LogP contribution in [0.2, 0.25) is 0 Å². The van der Waals surface area contributed by atoms with Crippen LogP contribution in [-0.2, 0) is 84.2 Å². The molecular weight excluding hydrogens is 1530 g/mol. The van der Waals surface area contributed by atoms with Gasteiger partial charge in [0.25, 0.3) is 16.7 Å². The number of aromatic nitrogens is 15. The van der Waals surface area contributed by atoms with Crippen molar-refractivity contribution in [1.82, 2.24) is 88.1 Å². The maximum atomic E-state index is 13.1. The van der Waals surface area contributed by atoms with E-state index in [0.29, 0.717) is 101 Å². The molecule has 0 bridgehead atoms. The number of thiazole rings is 3. The molecule has 0 saturated carbocycles. The predicted molar refractivity (Wildman–Crippen MR) is 455 cm³/mol. The quantitative estimate of drug-likeness (QED) is 0.0531. The summed E-state index contributed by atoms with van der Waals surface area (Å²) in [5, 5.41) is 20.4. The van der Waals surface area contributed by atoms with E-state index in [9.17, 15) is 24.0 Å². The number of carbonyl (C=O) groups excluding carboxylic acids is 2. The predicted octanol–water partition coefficient (Wildman–Crippen LogP) is 15.2. The number of thioether (sulfide) groups is 1. The van der Waals surface area contributed by atoms with Crippen LogP contribution in [0.4, 0.5) is 38.5 Å². The van der Waals surface area contributed by atoms with E-state index in [4.69, 9.17) is 40.1 Å². The highest BCUT2D eigenvalue weighted by Gasteiger charge is 2.31. The van der Waals surface area contributed by atoms with E-state index < -0.39 is 11.2 Å². The van der Waals surface area contributed by atoms with Gasteiger partial charge in [0.15, 0.2) is 22.1 Å². The Hall–Kier alpha value is -9.86. The minimum atomic E-state index is -0.524. The van der Waals surface area contributed by atoms with Crippen molar-refractivity contribution in [1.29, 1.82) is 0 Å². The van der Waals surface area contributed by atoms with Crippen molar-refractivity contribution >= 4 is 132 Å². The lowest BCUT2D eigenvalue weighted by molar-refractivity contribution is 0.0214. The van der Waals surface area contributed by atoms with E-state index in [-0.39, 0.29) is 57.5 Å². The SMILES string of the molecule is CC(C)(C)OC(=O)N1CCc2cc(N)ccc2C1.CCn1c(=O)c2cnc(Nc3ccc4c(c3)CCN(C(=O)OC(C)(C)C)C4)nc2n1-c1nc(C(C)(C)C)cs1.CCn1c(=O)c2cnc(Nc3ccc4c(c3)CCNC4)nc2n1-c1nc(C(C)(C)C)cs1.CCn1c(=O)c2cnc(SC)nc2n1-c1nc(C(C)(C)C)cs1.Cl. The summed E-state index contributed by atoms with van der Waals surface area (Å²) in [5.74, 6) is 0.851. The van der Waals surface area contributed by atoms with Crippen molar-refractivity contribution in [3.05, 3.63) is 171 Å². The lowest BCUT2D eigenvalue weighted by Crippen LogP contribution is -2.39. The molecule has 0 fully saturated rings. The first-order valence-electron chi connectivity index (χ1n) is 37.6. The fourth-order valence-corrected chi connectivity index (χ4v) is 16.3. The van der Waals surface area contributed by atoms with Crippen LogP contribution in [0.3, 0.4) is 0 Å². The molecule has 15 rings (SSSR count). The molecule has 0 radical (unpaired) electrons. The smallest absolute Gasteiger partial charge is 0.410 e. The van der Waals surface area contributed by atoms with Crippen molar-refractivity contribution < 1.29 is 19.1 Å². The minimum absolute atomic E-state index is 0. The normalized spacial score (nSPS) is 13.7. The number of carbonyl (C=O) groups is 2. The highest BCUT2D eigenvalue weighted by molar-refractivity contribution is 7.98. The van der Waals surface area contributed by atoms with Gasteiger partial charge in [0, 0.05) is 120 Å². The summed E-state index contributed by atoms with van der Waals surface area (Å²) < 4.78 is 21.3. The van der Waals surface area contributed by atoms with Gasteiger partial charge in [-0.05, 0) is 164 Å². The van der Waals surface area contributed by atoms with Crippen molar-refractivity contribution in [3.63, 3.8) is 0 Å². The molecule has 113 heavy (non-hydrogen) atoms. The largest absolute Gasteiger partial charge is 0.444 e. The average Bonchev–Trinajstić information content (AvgIpc) is 1.61.